The van der Waals surface area contributed by atoms with Gasteiger partial charge in [0.05, 0.1) is 0 Å². The van der Waals surface area contributed by atoms with E-state index in [1.807, 2.05) is 24.3 Å². The summed E-state index contributed by atoms with van der Waals surface area (Å²) in [5.74, 6) is -1.17. The van der Waals surface area contributed by atoms with Gasteiger partial charge in [0, 0.05) is 17.1 Å². The molecule has 0 unspecified atom stereocenters. The minimum Gasteiger partial charge on any atom is -0.480 e. The molecule has 0 radical (unpaired) electrons. The van der Waals surface area contributed by atoms with E-state index in [4.69, 9.17) is 5.11 Å². The minimum absolute atomic E-state index is 0.243. The first-order valence-corrected chi connectivity index (χ1v) is 7.35. The molecule has 1 N–H and O–H groups in total. The molecule has 1 aliphatic rings. The summed E-state index contributed by atoms with van der Waals surface area (Å²) in [4.78, 5) is 24.8. The van der Waals surface area contributed by atoms with Crippen LogP contribution in [0.2, 0.25) is 0 Å². The molecule has 0 aliphatic carbocycles. The highest BCUT2D eigenvalue weighted by molar-refractivity contribution is 9.10. The van der Waals surface area contributed by atoms with Gasteiger partial charge in [0.25, 0.3) is 0 Å². The van der Waals surface area contributed by atoms with Gasteiger partial charge in [-0.15, -0.1) is 0 Å². The number of carboxylic acids is 1. The summed E-state index contributed by atoms with van der Waals surface area (Å²) >= 11 is 3.41. The summed E-state index contributed by atoms with van der Waals surface area (Å²) in [7, 11) is 0. The van der Waals surface area contributed by atoms with E-state index in [1.165, 1.54) is 11.0 Å². The molecule has 0 saturated carbocycles. The van der Waals surface area contributed by atoms with Crippen molar-refractivity contribution in [3.05, 3.63) is 40.4 Å². The summed E-state index contributed by atoms with van der Waals surface area (Å²) in [6.07, 6.45) is 5.40. The van der Waals surface area contributed by atoms with Gasteiger partial charge in [0.2, 0.25) is 5.91 Å². The predicted octanol–water partition coefficient (Wildman–Crippen LogP) is 2.93. The summed E-state index contributed by atoms with van der Waals surface area (Å²) in [6, 6.07) is 6.87. The Bertz CT molecular complexity index is 542. The van der Waals surface area contributed by atoms with E-state index in [1.54, 1.807) is 6.08 Å². The molecule has 0 spiro atoms. The molecular formula is C15H16BrNO3. The topological polar surface area (TPSA) is 57.6 Å². The van der Waals surface area contributed by atoms with E-state index in [-0.39, 0.29) is 5.91 Å². The average Bonchev–Trinajstić information content (AvgIpc) is 2.46. The summed E-state index contributed by atoms with van der Waals surface area (Å²) in [5.41, 5.74) is 0.893. The maximum atomic E-state index is 12.2. The van der Waals surface area contributed by atoms with Crippen molar-refractivity contribution in [2.75, 3.05) is 6.54 Å². The van der Waals surface area contributed by atoms with Gasteiger partial charge >= 0.3 is 5.97 Å². The van der Waals surface area contributed by atoms with Crippen molar-refractivity contribution in [1.29, 1.82) is 0 Å². The van der Waals surface area contributed by atoms with Gasteiger partial charge < -0.3 is 10.0 Å². The number of rotatable bonds is 3. The lowest BCUT2D eigenvalue weighted by atomic mass is 10.0. The van der Waals surface area contributed by atoms with Gasteiger partial charge in [0.1, 0.15) is 6.04 Å². The zero-order valence-electron chi connectivity index (χ0n) is 11.0. The highest BCUT2D eigenvalue weighted by Gasteiger charge is 2.30. The Kier molecular flexibility index (Phi) is 4.95. The minimum atomic E-state index is -0.924. The van der Waals surface area contributed by atoms with Crippen LogP contribution in [0.3, 0.4) is 0 Å². The summed E-state index contributed by atoms with van der Waals surface area (Å²) in [5, 5.41) is 9.16. The van der Waals surface area contributed by atoms with E-state index >= 15 is 0 Å². The molecule has 20 heavy (non-hydrogen) atoms. The lowest BCUT2D eigenvalue weighted by Crippen LogP contribution is -2.47. The maximum Gasteiger partial charge on any atom is 0.326 e. The molecular weight excluding hydrogens is 322 g/mol. The fourth-order valence-corrected chi connectivity index (χ4v) is 2.74. The first-order chi connectivity index (χ1) is 9.59. The van der Waals surface area contributed by atoms with Crippen LogP contribution in [0.15, 0.2) is 34.8 Å². The van der Waals surface area contributed by atoms with Crippen molar-refractivity contribution in [3.8, 4) is 0 Å². The third-order valence-electron chi connectivity index (χ3n) is 3.38. The van der Waals surface area contributed by atoms with Gasteiger partial charge in [-0.25, -0.2) is 4.79 Å². The van der Waals surface area contributed by atoms with Gasteiger partial charge in [-0.2, -0.15) is 0 Å². The standard InChI is InChI=1S/C15H16BrNO3/c16-12-6-2-1-5-11(12)8-9-14(18)17-10-4-3-7-13(17)15(19)20/h1-2,5-6,8-9,13H,3-4,7,10H2,(H,19,20)/t13-/m1/s1. The van der Waals surface area contributed by atoms with Crippen molar-refractivity contribution in [1.82, 2.24) is 4.90 Å². The third-order valence-corrected chi connectivity index (χ3v) is 4.10. The number of amides is 1. The highest BCUT2D eigenvalue weighted by Crippen LogP contribution is 2.20. The molecule has 0 bridgehead atoms. The smallest absolute Gasteiger partial charge is 0.326 e. The number of aliphatic carboxylic acids is 1. The number of benzene rings is 1. The number of likely N-dealkylation sites (tertiary alicyclic amines) is 1. The van der Waals surface area contributed by atoms with E-state index < -0.39 is 12.0 Å². The average molecular weight is 338 g/mol. The zero-order valence-corrected chi connectivity index (χ0v) is 12.5. The maximum absolute atomic E-state index is 12.2. The second kappa shape index (κ2) is 6.70. The molecule has 5 heteroatoms. The normalized spacial score (nSPS) is 19.2. The Balaban J connectivity index is 2.10. The van der Waals surface area contributed by atoms with Crippen LogP contribution in [-0.4, -0.2) is 34.5 Å². The molecule has 1 aliphatic heterocycles. The molecule has 1 atom stereocenters. The fraction of sp³-hybridized carbons (Fsp3) is 0.333. The van der Waals surface area contributed by atoms with Gasteiger partial charge in [0.15, 0.2) is 0 Å². The van der Waals surface area contributed by atoms with Crippen LogP contribution in [0.5, 0.6) is 0 Å². The number of hydrogen-bond donors (Lipinski definition) is 1. The van der Waals surface area contributed by atoms with Crippen molar-refractivity contribution < 1.29 is 14.7 Å². The second-order valence-corrected chi connectivity index (χ2v) is 5.59. The Labute approximate surface area is 126 Å². The molecule has 106 valence electrons. The van der Waals surface area contributed by atoms with Crippen molar-refractivity contribution in [3.63, 3.8) is 0 Å². The van der Waals surface area contributed by atoms with Crippen LogP contribution >= 0.6 is 15.9 Å². The van der Waals surface area contributed by atoms with Crippen LogP contribution in [0, 0.1) is 0 Å². The lowest BCUT2D eigenvalue weighted by Gasteiger charge is -2.32. The summed E-state index contributed by atoms with van der Waals surface area (Å²) < 4.78 is 0.900. The number of carbonyl (C=O) groups is 2. The molecule has 1 heterocycles. The monoisotopic (exact) mass is 337 g/mol. The number of carboxylic acid groups (broad SMARTS) is 1. The SMILES string of the molecule is O=C(O)[C@H]1CCCCN1C(=O)C=Cc1ccccc1Br. The van der Waals surface area contributed by atoms with Crippen LogP contribution < -0.4 is 0 Å². The molecule has 4 nitrogen and oxygen atoms in total. The molecule has 0 aromatic heterocycles. The predicted molar refractivity (Wildman–Crippen MR) is 80.2 cm³/mol. The number of hydrogen-bond acceptors (Lipinski definition) is 2. The molecule has 1 aromatic rings. The summed E-state index contributed by atoms with van der Waals surface area (Å²) in [6.45, 7) is 0.510. The largest absolute Gasteiger partial charge is 0.480 e. The van der Waals surface area contributed by atoms with E-state index in [9.17, 15) is 9.59 Å². The van der Waals surface area contributed by atoms with E-state index in [2.05, 4.69) is 15.9 Å². The molecule has 1 saturated heterocycles. The molecule has 1 fully saturated rings. The fourth-order valence-electron chi connectivity index (χ4n) is 2.32. The van der Waals surface area contributed by atoms with Crippen LogP contribution in [0.25, 0.3) is 6.08 Å². The Morgan fingerprint density at radius 3 is 2.75 bits per heavy atom. The van der Waals surface area contributed by atoms with Gasteiger partial charge in [-0.3, -0.25) is 4.79 Å². The van der Waals surface area contributed by atoms with Crippen LogP contribution in [-0.2, 0) is 9.59 Å². The Morgan fingerprint density at radius 1 is 1.30 bits per heavy atom. The third kappa shape index (κ3) is 3.48. The van der Waals surface area contributed by atoms with Crippen molar-refractivity contribution >= 4 is 33.9 Å². The highest BCUT2D eigenvalue weighted by atomic mass is 79.9. The van der Waals surface area contributed by atoms with Crippen LogP contribution in [0.1, 0.15) is 24.8 Å². The zero-order chi connectivity index (χ0) is 14.5. The number of halogens is 1. The van der Waals surface area contributed by atoms with Crippen molar-refractivity contribution in [2.45, 2.75) is 25.3 Å². The first-order valence-electron chi connectivity index (χ1n) is 6.55. The van der Waals surface area contributed by atoms with Crippen LogP contribution in [0.4, 0.5) is 0 Å². The van der Waals surface area contributed by atoms with E-state index in [0.717, 1.165) is 22.9 Å². The van der Waals surface area contributed by atoms with Gasteiger partial charge in [-0.05, 0) is 37.0 Å². The van der Waals surface area contributed by atoms with Gasteiger partial charge in [-0.1, -0.05) is 34.1 Å². The number of carbonyl (C=O) groups excluding carboxylic acids is 1. The van der Waals surface area contributed by atoms with Crippen molar-refractivity contribution in [2.24, 2.45) is 0 Å². The lowest BCUT2D eigenvalue weighted by molar-refractivity contribution is -0.150. The first kappa shape index (κ1) is 14.8. The molecule has 1 amide bonds. The Hall–Kier alpha value is -1.62. The quantitative estimate of drug-likeness (QED) is 0.862. The van der Waals surface area contributed by atoms with E-state index in [0.29, 0.717) is 13.0 Å². The molecule has 1 aromatic carbocycles. The number of piperidine rings is 1. The second-order valence-electron chi connectivity index (χ2n) is 4.74. The molecule has 2 rings (SSSR count). The Morgan fingerprint density at radius 2 is 2.05 bits per heavy atom. The number of nitrogens with zero attached hydrogens (tertiary/aromatic N) is 1.